The molecule has 2 aromatic rings. The molecule has 22 heavy (non-hydrogen) atoms. The number of anilines is 1. The lowest BCUT2D eigenvalue weighted by Gasteiger charge is -2.11. The van der Waals surface area contributed by atoms with Crippen LogP contribution in [0.3, 0.4) is 0 Å². The Kier molecular flexibility index (Phi) is 3.77. The minimum atomic E-state index is -0.409. The van der Waals surface area contributed by atoms with Gasteiger partial charge >= 0.3 is 0 Å². The monoisotopic (exact) mass is 314 g/mol. The van der Waals surface area contributed by atoms with Crippen molar-refractivity contribution in [3.05, 3.63) is 70.5 Å². The zero-order valence-electron chi connectivity index (χ0n) is 11.8. The van der Waals surface area contributed by atoms with Crippen molar-refractivity contribution in [3.8, 4) is 0 Å². The molecule has 1 aliphatic rings. The fourth-order valence-electron chi connectivity index (χ4n) is 2.19. The van der Waals surface area contributed by atoms with E-state index in [1.54, 1.807) is 37.3 Å². The lowest BCUT2D eigenvalue weighted by Crippen LogP contribution is -2.21. The van der Waals surface area contributed by atoms with Crippen LogP contribution < -0.4 is 5.01 Å². The SMILES string of the molecule is CC1=NN(c2cccc(F)c2)C(=O)/C1=C/c1ccc(Cl)cc1. The topological polar surface area (TPSA) is 32.7 Å². The third-order valence-corrected chi connectivity index (χ3v) is 3.55. The van der Waals surface area contributed by atoms with Gasteiger partial charge in [-0.25, -0.2) is 4.39 Å². The zero-order valence-corrected chi connectivity index (χ0v) is 12.5. The van der Waals surface area contributed by atoms with Gasteiger partial charge in [0.2, 0.25) is 0 Å². The van der Waals surface area contributed by atoms with Crippen molar-refractivity contribution in [1.29, 1.82) is 0 Å². The standard InChI is InChI=1S/C17H12ClFN2O/c1-11-16(9-12-5-7-13(18)8-6-12)17(22)21(20-11)15-4-2-3-14(19)10-15/h2-10H,1H3/b16-9+. The van der Waals surface area contributed by atoms with Gasteiger partial charge in [-0.15, -0.1) is 0 Å². The molecule has 0 unspecified atom stereocenters. The average Bonchev–Trinajstić information content (AvgIpc) is 2.77. The van der Waals surface area contributed by atoms with Gasteiger partial charge in [0.05, 0.1) is 17.0 Å². The van der Waals surface area contributed by atoms with Crippen LogP contribution in [0.25, 0.3) is 6.08 Å². The van der Waals surface area contributed by atoms with E-state index in [0.29, 0.717) is 22.0 Å². The lowest BCUT2D eigenvalue weighted by atomic mass is 10.1. The number of hydrazone groups is 1. The Balaban J connectivity index is 1.94. The van der Waals surface area contributed by atoms with Crippen LogP contribution in [0.15, 0.2) is 59.2 Å². The Bertz CT molecular complexity index is 797. The van der Waals surface area contributed by atoms with Gasteiger partial charge in [0, 0.05) is 5.02 Å². The van der Waals surface area contributed by atoms with Crippen LogP contribution >= 0.6 is 11.6 Å². The molecular formula is C17H12ClFN2O. The molecular weight excluding hydrogens is 303 g/mol. The fraction of sp³-hybridized carbons (Fsp3) is 0.0588. The van der Waals surface area contributed by atoms with Crippen LogP contribution in [-0.2, 0) is 4.79 Å². The minimum Gasteiger partial charge on any atom is -0.267 e. The maximum absolute atomic E-state index is 13.3. The molecule has 3 nitrogen and oxygen atoms in total. The van der Waals surface area contributed by atoms with Crippen LogP contribution in [0, 0.1) is 5.82 Å². The summed E-state index contributed by atoms with van der Waals surface area (Å²) >= 11 is 5.85. The highest BCUT2D eigenvalue weighted by molar-refractivity contribution is 6.32. The van der Waals surface area contributed by atoms with Gasteiger partial charge in [0.25, 0.3) is 5.91 Å². The second-order valence-corrected chi connectivity index (χ2v) is 5.33. The summed E-state index contributed by atoms with van der Waals surface area (Å²) in [4.78, 5) is 12.5. The molecule has 0 spiro atoms. The van der Waals surface area contributed by atoms with E-state index in [1.807, 2.05) is 12.1 Å². The van der Waals surface area contributed by atoms with Crippen LogP contribution in [0.1, 0.15) is 12.5 Å². The van der Waals surface area contributed by atoms with E-state index in [9.17, 15) is 9.18 Å². The molecule has 0 aromatic heterocycles. The second-order valence-electron chi connectivity index (χ2n) is 4.89. The summed E-state index contributed by atoms with van der Waals surface area (Å²) < 4.78 is 13.3. The lowest BCUT2D eigenvalue weighted by molar-refractivity contribution is -0.114. The number of hydrogen-bond acceptors (Lipinski definition) is 2. The van der Waals surface area contributed by atoms with Crippen LogP contribution in [0.2, 0.25) is 5.02 Å². The smallest absolute Gasteiger partial charge is 0.267 e. The fourth-order valence-corrected chi connectivity index (χ4v) is 2.32. The molecule has 1 heterocycles. The third-order valence-electron chi connectivity index (χ3n) is 3.30. The van der Waals surface area contributed by atoms with Gasteiger partial charge in [0.1, 0.15) is 5.82 Å². The summed E-state index contributed by atoms with van der Waals surface area (Å²) in [6, 6.07) is 12.9. The van der Waals surface area contributed by atoms with Crippen molar-refractivity contribution in [1.82, 2.24) is 0 Å². The molecule has 1 amide bonds. The summed E-state index contributed by atoms with van der Waals surface area (Å²) in [5, 5.41) is 6.06. The van der Waals surface area contributed by atoms with E-state index in [0.717, 1.165) is 5.56 Å². The number of benzene rings is 2. The predicted molar refractivity (Wildman–Crippen MR) is 86.4 cm³/mol. The molecule has 2 aromatic carbocycles. The zero-order chi connectivity index (χ0) is 15.7. The maximum Gasteiger partial charge on any atom is 0.280 e. The summed E-state index contributed by atoms with van der Waals surface area (Å²) in [5.74, 6) is -0.689. The van der Waals surface area contributed by atoms with E-state index in [-0.39, 0.29) is 5.91 Å². The van der Waals surface area contributed by atoms with E-state index < -0.39 is 5.82 Å². The Morgan fingerprint density at radius 3 is 2.59 bits per heavy atom. The Labute approximate surface area is 132 Å². The van der Waals surface area contributed by atoms with Gasteiger partial charge in [0.15, 0.2) is 0 Å². The number of halogens is 2. The Morgan fingerprint density at radius 2 is 1.91 bits per heavy atom. The van der Waals surface area contributed by atoms with Crippen LogP contribution in [0.4, 0.5) is 10.1 Å². The summed E-state index contributed by atoms with van der Waals surface area (Å²) in [6.45, 7) is 1.75. The third kappa shape index (κ3) is 2.78. The largest absolute Gasteiger partial charge is 0.280 e. The molecule has 0 saturated heterocycles. The van der Waals surface area contributed by atoms with Gasteiger partial charge in [-0.05, 0) is 48.9 Å². The van der Waals surface area contributed by atoms with Gasteiger partial charge in [-0.3, -0.25) is 4.79 Å². The number of carbonyl (C=O) groups is 1. The normalized spacial score (nSPS) is 16.3. The predicted octanol–water partition coefficient (Wildman–Crippen LogP) is 4.29. The van der Waals surface area contributed by atoms with Crippen molar-refractivity contribution in [2.24, 2.45) is 5.10 Å². The first-order chi connectivity index (χ1) is 10.5. The second kappa shape index (κ2) is 5.73. The van der Waals surface area contributed by atoms with E-state index in [4.69, 9.17) is 11.6 Å². The van der Waals surface area contributed by atoms with E-state index in [1.165, 1.54) is 17.1 Å². The average molecular weight is 315 g/mol. The quantitative estimate of drug-likeness (QED) is 0.761. The van der Waals surface area contributed by atoms with Gasteiger partial charge in [-0.2, -0.15) is 10.1 Å². The maximum atomic E-state index is 13.3. The molecule has 0 N–H and O–H groups in total. The molecule has 3 rings (SSSR count). The number of carbonyl (C=O) groups excluding carboxylic acids is 1. The summed E-state index contributed by atoms with van der Waals surface area (Å²) in [7, 11) is 0. The molecule has 0 bridgehead atoms. The highest BCUT2D eigenvalue weighted by Crippen LogP contribution is 2.25. The minimum absolute atomic E-state index is 0.280. The Hall–Kier alpha value is -2.46. The first-order valence-electron chi connectivity index (χ1n) is 6.67. The first-order valence-corrected chi connectivity index (χ1v) is 7.05. The molecule has 0 atom stereocenters. The molecule has 0 saturated carbocycles. The van der Waals surface area contributed by atoms with Crippen molar-refractivity contribution in [2.45, 2.75) is 6.92 Å². The number of nitrogens with zero attached hydrogens (tertiary/aromatic N) is 2. The molecule has 110 valence electrons. The highest BCUT2D eigenvalue weighted by Gasteiger charge is 2.28. The summed E-state index contributed by atoms with van der Waals surface area (Å²) in [6.07, 6.45) is 1.75. The molecule has 0 aliphatic carbocycles. The molecule has 1 aliphatic heterocycles. The van der Waals surface area contributed by atoms with Crippen molar-refractivity contribution in [2.75, 3.05) is 5.01 Å². The molecule has 0 radical (unpaired) electrons. The van der Waals surface area contributed by atoms with Crippen molar-refractivity contribution >= 4 is 35.0 Å². The van der Waals surface area contributed by atoms with Crippen LogP contribution in [-0.4, -0.2) is 11.6 Å². The first kappa shape index (κ1) is 14.5. The van der Waals surface area contributed by atoms with Crippen LogP contribution in [0.5, 0.6) is 0 Å². The number of amides is 1. The highest BCUT2D eigenvalue weighted by atomic mass is 35.5. The summed E-state index contributed by atoms with van der Waals surface area (Å²) in [5.41, 5.74) is 2.32. The van der Waals surface area contributed by atoms with Crippen molar-refractivity contribution < 1.29 is 9.18 Å². The van der Waals surface area contributed by atoms with E-state index >= 15 is 0 Å². The van der Waals surface area contributed by atoms with Crippen molar-refractivity contribution in [3.63, 3.8) is 0 Å². The Morgan fingerprint density at radius 1 is 1.18 bits per heavy atom. The molecule has 0 fully saturated rings. The molecule has 5 heteroatoms. The van der Waals surface area contributed by atoms with Gasteiger partial charge < -0.3 is 0 Å². The number of rotatable bonds is 2. The van der Waals surface area contributed by atoms with E-state index in [2.05, 4.69) is 5.10 Å². The van der Waals surface area contributed by atoms with Gasteiger partial charge in [-0.1, -0.05) is 29.8 Å². The number of hydrogen-bond donors (Lipinski definition) is 0.